The van der Waals surface area contributed by atoms with Crippen LogP contribution in [0.3, 0.4) is 0 Å². The first-order chi connectivity index (χ1) is 10.4. The van der Waals surface area contributed by atoms with Gasteiger partial charge in [0.15, 0.2) is 17.0 Å². The highest BCUT2D eigenvalue weighted by Gasteiger charge is 2.50. The Hall–Kier alpha value is -1.48. The van der Waals surface area contributed by atoms with Crippen molar-refractivity contribution >= 4 is 28.6 Å². The third-order valence-electron chi connectivity index (χ3n) is 4.46. The minimum atomic E-state index is -1.03. The number of rotatable bonds is 3. The molecule has 120 valence electrons. The number of nitrogens with one attached hydrogen (secondary N) is 1. The number of hydrogen-bond donors (Lipinski definition) is 4. The molecule has 0 radical (unpaired) electrons. The lowest BCUT2D eigenvalue weighted by atomic mass is 9.87. The molecule has 2 aromatic heterocycles. The summed E-state index contributed by atoms with van der Waals surface area (Å²) in [5, 5.41) is 33.0. The van der Waals surface area contributed by atoms with Gasteiger partial charge in [-0.3, -0.25) is 0 Å². The molecule has 2 aromatic rings. The molecule has 1 aliphatic rings. The number of aliphatic hydroxyl groups excluding tert-OH is 3. The zero-order chi connectivity index (χ0) is 16.1. The Balaban J connectivity index is 2.10. The molecular weight excluding hydrogens is 310 g/mol. The van der Waals surface area contributed by atoms with E-state index in [-0.39, 0.29) is 11.9 Å². The van der Waals surface area contributed by atoms with E-state index in [1.54, 1.807) is 24.9 Å². The summed E-state index contributed by atoms with van der Waals surface area (Å²) in [5.74, 6) is 0.492. The van der Waals surface area contributed by atoms with Gasteiger partial charge in [0.1, 0.15) is 6.10 Å². The first kappa shape index (κ1) is 15.4. The molecule has 1 aliphatic carbocycles. The van der Waals surface area contributed by atoms with Crippen molar-refractivity contribution in [2.45, 2.75) is 31.6 Å². The van der Waals surface area contributed by atoms with Crippen LogP contribution in [-0.2, 0) is 0 Å². The number of imidazole rings is 1. The van der Waals surface area contributed by atoms with Gasteiger partial charge in [-0.2, -0.15) is 9.97 Å². The number of halogens is 1. The summed E-state index contributed by atoms with van der Waals surface area (Å²) in [5.41, 5.74) is 0.234. The molecule has 3 rings (SSSR count). The molecule has 9 heteroatoms. The van der Waals surface area contributed by atoms with E-state index in [9.17, 15) is 15.3 Å². The first-order valence-electron chi connectivity index (χ1n) is 6.96. The molecule has 0 aliphatic heterocycles. The van der Waals surface area contributed by atoms with E-state index in [1.165, 1.54) is 0 Å². The highest BCUT2D eigenvalue weighted by molar-refractivity contribution is 6.28. The molecule has 0 amide bonds. The van der Waals surface area contributed by atoms with Gasteiger partial charge in [-0.05, 0) is 18.0 Å². The van der Waals surface area contributed by atoms with Crippen molar-refractivity contribution in [3.8, 4) is 0 Å². The third-order valence-corrected chi connectivity index (χ3v) is 4.63. The maximum atomic E-state index is 10.3. The van der Waals surface area contributed by atoms with Crippen molar-refractivity contribution in [1.82, 2.24) is 19.5 Å². The van der Waals surface area contributed by atoms with E-state index < -0.39 is 23.7 Å². The molecule has 0 unspecified atom stereocenters. The lowest BCUT2D eigenvalue weighted by Crippen LogP contribution is -2.36. The normalized spacial score (nSPS) is 31.8. The molecule has 1 fully saturated rings. The lowest BCUT2D eigenvalue weighted by molar-refractivity contribution is -0.0403. The zero-order valence-electron chi connectivity index (χ0n) is 12.2. The Bertz CT molecular complexity index is 708. The predicted molar refractivity (Wildman–Crippen MR) is 80.7 cm³/mol. The molecule has 0 aromatic carbocycles. The van der Waals surface area contributed by atoms with Crippen LogP contribution in [0.4, 0.5) is 5.82 Å². The van der Waals surface area contributed by atoms with Crippen LogP contribution in [0.15, 0.2) is 6.33 Å². The largest absolute Gasteiger partial charge is 0.396 e. The lowest BCUT2D eigenvalue weighted by Gasteiger charge is -2.25. The van der Waals surface area contributed by atoms with Gasteiger partial charge in [0.05, 0.1) is 25.1 Å². The highest BCUT2D eigenvalue weighted by atomic mass is 35.5. The molecule has 4 N–H and O–H groups in total. The van der Waals surface area contributed by atoms with Gasteiger partial charge in [0.2, 0.25) is 5.28 Å². The number of nitrogens with zero attached hydrogens (tertiary/aromatic N) is 4. The molecule has 1 saturated carbocycles. The predicted octanol–water partition coefficient (Wildman–Crippen LogP) is 0.187. The van der Waals surface area contributed by atoms with Crippen LogP contribution in [0.1, 0.15) is 19.4 Å². The molecule has 0 saturated heterocycles. The van der Waals surface area contributed by atoms with Crippen molar-refractivity contribution in [2.75, 3.05) is 19.0 Å². The zero-order valence-corrected chi connectivity index (χ0v) is 13.0. The van der Waals surface area contributed by atoms with Crippen LogP contribution in [0.2, 0.25) is 5.28 Å². The Labute approximate surface area is 131 Å². The van der Waals surface area contributed by atoms with E-state index in [4.69, 9.17) is 11.6 Å². The number of fused-ring (bicyclic) bond motifs is 1. The second-order valence-corrected chi connectivity index (χ2v) is 6.27. The van der Waals surface area contributed by atoms with Crippen LogP contribution in [0.5, 0.6) is 0 Å². The van der Waals surface area contributed by atoms with Gasteiger partial charge in [-0.25, -0.2) is 4.98 Å². The summed E-state index contributed by atoms with van der Waals surface area (Å²) in [6, 6.07) is -0.451. The number of anilines is 1. The summed E-state index contributed by atoms with van der Waals surface area (Å²) in [4.78, 5) is 12.5. The number of aliphatic hydroxyl groups is 3. The second kappa shape index (κ2) is 5.31. The summed E-state index contributed by atoms with van der Waals surface area (Å²) < 4.78 is 1.68. The fraction of sp³-hybridized carbons (Fsp3) is 0.615. The fourth-order valence-electron chi connectivity index (χ4n) is 3.07. The highest BCUT2D eigenvalue weighted by Crippen LogP contribution is 2.45. The maximum absolute atomic E-state index is 10.3. The van der Waals surface area contributed by atoms with E-state index in [0.29, 0.717) is 23.4 Å². The molecule has 2 heterocycles. The Kier molecular flexibility index (Phi) is 3.72. The molecule has 8 nitrogen and oxygen atoms in total. The summed E-state index contributed by atoms with van der Waals surface area (Å²) in [6.07, 6.45) is -0.115. The minimum absolute atomic E-state index is 0.0663. The van der Waals surface area contributed by atoms with Gasteiger partial charge in [0, 0.05) is 12.5 Å². The van der Waals surface area contributed by atoms with Crippen molar-refractivity contribution in [2.24, 2.45) is 5.41 Å². The summed E-state index contributed by atoms with van der Waals surface area (Å²) >= 11 is 5.93. The van der Waals surface area contributed by atoms with E-state index in [0.717, 1.165) is 0 Å². The van der Waals surface area contributed by atoms with Crippen molar-refractivity contribution in [3.05, 3.63) is 11.6 Å². The monoisotopic (exact) mass is 327 g/mol. The van der Waals surface area contributed by atoms with E-state index in [1.807, 2.05) is 0 Å². The van der Waals surface area contributed by atoms with Gasteiger partial charge < -0.3 is 25.2 Å². The molecule has 0 bridgehead atoms. The number of hydrogen-bond acceptors (Lipinski definition) is 7. The molecule has 4 atom stereocenters. The summed E-state index contributed by atoms with van der Waals surface area (Å²) in [7, 11) is 1.70. The number of aromatic nitrogens is 4. The van der Waals surface area contributed by atoms with Crippen LogP contribution < -0.4 is 5.32 Å². The molecule has 22 heavy (non-hydrogen) atoms. The average Bonchev–Trinajstić information content (AvgIpc) is 3.01. The maximum Gasteiger partial charge on any atom is 0.226 e. The minimum Gasteiger partial charge on any atom is -0.396 e. The topological polar surface area (TPSA) is 116 Å². The summed E-state index contributed by atoms with van der Waals surface area (Å²) in [6.45, 7) is 1.52. The third kappa shape index (κ3) is 2.14. The van der Waals surface area contributed by atoms with Gasteiger partial charge in [0.25, 0.3) is 0 Å². The Morgan fingerprint density at radius 2 is 2.18 bits per heavy atom. The fourth-order valence-corrected chi connectivity index (χ4v) is 3.23. The van der Waals surface area contributed by atoms with Crippen LogP contribution in [0.25, 0.3) is 11.2 Å². The average molecular weight is 328 g/mol. The standard InChI is InChI=1S/C13H18ClN5O3/c1-13(4-20)3-6(8(21)9(13)22)19-5-16-7-10(15-2)17-12(14)18-11(7)19/h5-6,8-9,20-22H,3-4H2,1-2H3,(H,15,17,18)/t6-,8+,9+,13-/m1/s1. The van der Waals surface area contributed by atoms with Crippen LogP contribution in [0, 0.1) is 5.41 Å². The molecular formula is C13H18ClN5O3. The second-order valence-electron chi connectivity index (χ2n) is 5.93. The van der Waals surface area contributed by atoms with Gasteiger partial charge in [-0.15, -0.1) is 0 Å². The SMILES string of the molecule is CNc1nc(Cl)nc2c1ncn2[C@@H]1C[C@](C)(CO)[C@@H](O)[C@H]1O. The van der Waals surface area contributed by atoms with E-state index in [2.05, 4.69) is 20.3 Å². The Morgan fingerprint density at radius 3 is 2.77 bits per heavy atom. The first-order valence-corrected chi connectivity index (χ1v) is 7.34. The van der Waals surface area contributed by atoms with Gasteiger partial charge in [-0.1, -0.05) is 6.92 Å². The van der Waals surface area contributed by atoms with Crippen LogP contribution >= 0.6 is 11.6 Å². The van der Waals surface area contributed by atoms with Crippen molar-refractivity contribution < 1.29 is 15.3 Å². The van der Waals surface area contributed by atoms with Crippen LogP contribution in [-0.4, -0.2) is 60.7 Å². The van der Waals surface area contributed by atoms with Crippen molar-refractivity contribution in [1.29, 1.82) is 0 Å². The quantitative estimate of drug-likeness (QED) is 0.594. The van der Waals surface area contributed by atoms with Crippen molar-refractivity contribution in [3.63, 3.8) is 0 Å². The Morgan fingerprint density at radius 1 is 1.45 bits per heavy atom. The van der Waals surface area contributed by atoms with E-state index >= 15 is 0 Å². The van der Waals surface area contributed by atoms with Gasteiger partial charge >= 0.3 is 0 Å². The molecule has 0 spiro atoms. The smallest absolute Gasteiger partial charge is 0.226 e.